The molecule has 0 atom stereocenters. The second-order valence-electron chi connectivity index (χ2n) is 9.85. The van der Waals surface area contributed by atoms with Gasteiger partial charge in [-0.05, 0) is 65.2 Å². The van der Waals surface area contributed by atoms with Crippen molar-refractivity contribution in [2.75, 3.05) is 49.1 Å². The second kappa shape index (κ2) is 8.69. The standard InChI is InChI=1S/C26H31FN4OS/c1-18(32)31-11-9-26(2,3)22-17-20(27)16-19(24(22)31)8-10-29-12-14-30(15-13-29)25-21-6-4-5-7-23(21)33-28-25/h4-7,16-17H,8-15H2,1-3H3. The maximum atomic E-state index is 14.6. The zero-order valence-corrected chi connectivity index (χ0v) is 20.4. The lowest BCUT2D eigenvalue weighted by molar-refractivity contribution is -0.116. The average Bonchev–Trinajstić information content (AvgIpc) is 3.22. The number of carbonyl (C=O) groups excluding carboxylic acids is 1. The molecule has 5 nitrogen and oxygen atoms in total. The van der Waals surface area contributed by atoms with Crippen LogP contribution in [0.1, 0.15) is 38.3 Å². The van der Waals surface area contributed by atoms with Crippen LogP contribution in [0.4, 0.5) is 15.9 Å². The molecule has 0 saturated carbocycles. The Labute approximate surface area is 199 Å². The number of amides is 1. The smallest absolute Gasteiger partial charge is 0.223 e. The maximum absolute atomic E-state index is 14.6. The molecule has 1 amide bonds. The van der Waals surface area contributed by atoms with Gasteiger partial charge in [-0.1, -0.05) is 26.0 Å². The Hall–Kier alpha value is -2.51. The molecule has 0 N–H and O–H groups in total. The first-order valence-corrected chi connectivity index (χ1v) is 12.5. The molecule has 2 aliphatic heterocycles. The summed E-state index contributed by atoms with van der Waals surface area (Å²) in [4.78, 5) is 19.0. The van der Waals surface area contributed by atoms with Crippen LogP contribution in [0.2, 0.25) is 0 Å². The van der Waals surface area contributed by atoms with Crippen LogP contribution in [0.25, 0.3) is 10.1 Å². The number of halogens is 1. The summed E-state index contributed by atoms with van der Waals surface area (Å²) in [6.45, 7) is 11.2. The van der Waals surface area contributed by atoms with E-state index in [0.717, 1.165) is 68.2 Å². The van der Waals surface area contributed by atoms with Crippen LogP contribution in [0, 0.1) is 5.82 Å². The highest BCUT2D eigenvalue weighted by Gasteiger charge is 2.35. The van der Waals surface area contributed by atoms with Crippen molar-refractivity contribution in [1.29, 1.82) is 0 Å². The van der Waals surface area contributed by atoms with E-state index in [1.807, 2.05) is 4.90 Å². The molecule has 0 spiro atoms. The second-order valence-corrected chi connectivity index (χ2v) is 10.7. The van der Waals surface area contributed by atoms with Gasteiger partial charge in [0.05, 0.1) is 10.4 Å². The van der Waals surface area contributed by atoms with Gasteiger partial charge in [0.1, 0.15) is 11.6 Å². The third kappa shape index (κ3) is 4.24. The molecule has 2 aliphatic rings. The van der Waals surface area contributed by atoms with Crippen LogP contribution >= 0.6 is 11.5 Å². The lowest BCUT2D eigenvalue weighted by atomic mass is 9.76. The van der Waals surface area contributed by atoms with Crippen molar-refractivity contribution in [3.05, 3.63) is 53.3 Å². The van der Waals surface area contributed by atoms with E-state index < -0.39 is 0 Å². The summed E-state index contributed by atoms with van der Waals surface area (Å²) in [5.74, 6) is 0.917. The van der Waals surface area contributed by atoms with Crippen LogP contribution in [0.5, 0.6) is 0 Å². The first-order valence-electron chi connectivity index (χ1n) is 11.8. The van der Waals surface area contributed by atoms with Crippen molar-refractivity contribution in [2.45, 2.75) is 39.0 Å². The van der Waals surface area contributed by atoms with Gasteiger partial charge in [-0.3, -0.25) is 9.69 Å². The number of piperazine rings is 1. The summed E-state index contributed by atoms with van der Waals surface area (Å²) < 4.78 is 20.5. The van der Waals surface area contributed by atoms with E-state index in [9.17, 15) is 9.18 Å². The van der Waals surface area contributed by atoms with E-state index in [2.05, 4.69) is 47.9 Å². The molecular weight excluding hydrogens is 435 g/mol. The molecule has 174 valence electrons. The number of anilines is 2. The summed E-state index contributed by atoms with van der Waals surface area (Å²) in [7, 11) is 0. The maximum Gasteiger partial charge on any atom is 0.223 e. The van der Waals surface area contributed by atoms with E-state index in [1.165, 1.54) is 10.1 Å². The van der Waals surface area contributed by atoms with Gasteiger partial charge in [0.15, 0.2) is 0 Å². The van der Waals surface area contributed by atoms with E-state index in [4.69, 9.17) is 4.37 Å². The van der Waals surface area contributed by atoms with Gasteiger partial charge in [-0.15, -0.1) is 0 Å². The average molecular weight is 467 g/mol. The van der Waals surface area contributed by atoms with E-state index in [0.29, 0.717) is 6.54 Å². The Kier molecular flexibility index (Phi) is 5.87. The highest BCUT2D eigenvalue weighted by Crippen LogP contribution is 2.42. The SMILES string of the molecule is CC(=O)N1CCC(C)(C)c2cc(F)cc(CCN3CCN(c4nsc5ccccc45)CC3)c21. The minimum Gasteiger partial charge on any atom is -0.353 e. The van der Waals surface area contributed by atoms with Crippen molar-refractivity contribution in [3.8, 4) is 0 Å². The quantitative estimate of drug-likeness (QED) is 0.552. The van der Waals surface area contributed by atoms with Gasteiger partial charge in [0.2, 0.25) is 5.91 Å². The summed E-state index contributed by atoms with van der Waals surface area (Å²) in [6.07, 6.45) is 1.58. The molecule has 3 aromatic rings. The fourth-order valence-corrected chi connectivity index (χ4v) is 5.99. The van der Waals surface area contributed by atoms with E-state index in [1.54, 1.807) is 30.6 Å². The minimum atomic E-state index is -0.206. The summed E-state index contributed by atoms with van der Waals surface area (Å²) in [5.41, 5.74) is 2.70. The predicted molar refractivity (Wildman–Crippen MR) is 134 cm³/mol. The fourth-order valence-electron chi connectivity index (χ4n) is 5.20. The van der Waals surface area contributed by atoms with Gasteiger partial charge < -0.3 is 9.80 Å². The monoisotopic (exact) mass is 466 g/mol. The van der Waals surface area contributed by atoms with Crippen molar-refractivity contribution in [2.24, 2.45) is 0 Å². The molecule has 7 heteroatoms. The van der Waals surface area contributed by atoms with E-state index >= 15 is 0 Å². The van der Waals surface area contributed by atoms with Crippen molar-refractivity contribution >= 4 is 39.0 Å². The number of nitrogens with zero attached hydrogens (tertiary/aromatic N) is 4. The molecule has 1 saturated heterocycles. The number of fused-ring (bicyclic) bond motifs is 2. The molecule has 0 unspecified atom stereocenters. The van der Waals surface area contributed by atoms with Gasteiger partial charge >= 0.3 is 0 Å². The summed E-state index contributed by atoms with van der Waals surface area (Å²) in [5, 5.41) is 1.23. The topological polar surface area (TPSA) is 39.7 Å². The number of benzene rings is 2. The van der Waals surface area contributed by atoms with Gasteiger partial charge in [-0.25, -0.2) is 4.39 Å². The number of hydrogen-bond acceptors (Lipinski definition) is 5. The largest absolute Gasteiger partial charge is 0.353 e. The van der Waals surface area contributed by atoms with Gasteiger partial charge in [0.25, 0.3) is 0 Å². The lowest BCUT2D eigenvalue weighted by Crippen LogP contribution is -2.47. The van der Waals surface area contributed by atoms with Crippen LogP contribution in [-0.4, -0.2) is 54.4 Å². The summed E-state index contributed by atoms with van der Waals surface area (Å²) >= 11 is 1.56. The first-order chi connectivity index (χ1) is 15.8. The molecule has 1 fully saturated rings. The van der Waals surface area contributed by atoms with Crippen LogP contribution in [-0.2, 0) is 16.6 Å². The predicted octanol–water partition coefficient (Wildman–Crippen LogP) is 4.83. The Morgan fingerprint density at radius 1 is 1.12 bits per heavy atom. The highest BCUT2D eigenvalue weighted by molar-refractivity contribution is 7.13. The molecule has 0 radical (unpaired) electrons. The Morgan fingerprint density at radius 2 is 1.88 bits per heavy atom. The van der Waals surface area contributed by atoms with E-state index in [-0.39, 0.29) is 17.1 Å². The first kappa shape index (κ1) is 22.3. The normalized spacial score (nSPS) is 18.5. The van der Waals surface area contributed by atoms with Crippen LogP contribution in [0.15, 0.2) is 36.4 Å². The highest BCUT2D eigenvalue weighted by atomic mass is 32.1. The van der Waals surface area contributed by atoms with Crippen LogP contribution in [0.3, 0.4) is 0 Å². The molecule has 0 bridgehead atoms. The lowest BCUT2D eigenvalue weighted by Gasteiger charge is -2.40. The van der Waals surface area contributed by atoms with Gasteiger partial charge in [-0.2, -0.15) is 4.37 Å². The third-order valence-electron chi connectivity index (χ3n) is 7.22. The molecule has 33 heavy (non-hydrogen) atoms. The fraction of sp³-hybridized carbons (Fsp3) is 0.462. The number of rotatable bonds is 4. The van der Waals surface area contributed by atoms with Crippen molar-refractivity contribution in [3.63, 3.8) is 0 Å². The van der Waals surface area contributed by atoms with Crippen molar-refractivity contribution in [1.82, 2.24) is 9.27 Å². The zero-order valence-electron chi connectivity index (χ0n) is 19.6. The molecule has 2 aromatic carbocycles. The Morgan fingerprint density at radius 3 is 2.64 bits per heavy atom. The zero-order chi connectivity index (χ0) is 23.2. The van der Waals surface area contributed by atoms with Crippen LogP contribution < -0.4 is 9.80 Å². The third-order valence-corrected chi connectivity index (χ3v) is 8.04. The van der Waals surface area contributed by atoms with Crippen molar-refractivity contribution < 1.29 is 9.18 Å². The summed E-state index contributed by atoms with van der Waals surface area (Å²) in [6, 6.07) is 11.7. The minimum absolute atomic E-state index is 0.0312. The number of aromatic nitrogens is 1. The Bertz CT molecular complexity index is 1180. The van der Waals surface area contributed by atoms with Gasteiger partial charge in [0, 0.05) is 51.6 Å². The molecule has 3 heterocycles. The number of hydrogen-bond donors (Lipinski definition) is 0. The molecule has 0 aliphatic carbocycles. The Balaban J connectivity index is 1.30. The number of carbonyl (C=O) groups is 1. The molecule has 1 aromatic heterocycles. The molecule has 5 rings (SSSR count). The molecular formula is C26H31FN4OS.